The maximum atomic E-state index is 5.71. The second kappa shape index (κ2) is 4.88. The molecule has 0 spiro atoms. The first-order valence-electron chi connectivity index (χ1n) is 6.20. The molecule has 1 aliphatic heterocycles. The minimum Gasteiger partial charge on any atom is -0.494 e. The van der Waals surface area contributed by atoms with Crippen LogP contribution in [0.25, 0.3) is 0 Å². The van der Waals surface area contributed by atoms with Crippen molar-refractivity contribution in [2.45, 2.75) is 45.2 Å². The summed E-state index contributed by atoms with van der Waals surface area (Å²) >= 11 is 0. The number of hydrogen-bond acceptors (Lipinski definition) is 2. The molecule has 0 amide bonds. The van der Waals surface area contributed by atoms with Gasteiger partial charge in [-0.15, -0.1) is 0 Å². The van der Waals surface area contributed by atoms with Gasteiger partial charge in [-0.05, 0) is 38.8 Å². The van der Waals surface area contributed by atoms with Crippen LogP contribution in [-0.4, -0.2) is 18.7 Å². The van der Waals surface area contributed by atoms with Gasteiger partial charge >= 0.3 is 0 Å². The summed E-state index contributed by atoms with van der Waals surface area (Å²) in [6, 6.07) is 9.57. The van der Waals surface area contributed by atoms with Crippen molar-refractivity contribution in [2.75, 3.05) is 6.61 Å². The van der Waals surface area contributed by atoms with Crippen LogP contribution in [0.3, 0.4) is 0 Å². The zero-order valence-corrected chi connectivity index (χ0v) is 10.4. The van der Waals surface area contributed by atoms with E-state index in [0.29, 0.717) is 18.0 Å². The molecule has 3 atom stereocenters. The lowest BCUT2D eigenvalue weighted by molar-refractivity contribution is 0.333. The standard InChI is InChI=1S/C14H21NO/c1-4-16-14-8-6-5-7-12(14)13-9-10(2)15-11(13)3/h5-8,10-11,13,15H,4,9H2,1-3H3. The molecule has 0 saturated carbocycles. The summed E-state index contributed by atoms with van der Waals surface area (Å²) in [5.74, 6) is 1.63. The third-order valence-electron chi connectivity index (χ3n) is 3.38. The van der Waals surface area contributed by atoms with Crippen molar-refractivity contribution in [1.29, 1.82) is 0 Å². The van der Waals surface area contributed by atoms with Gasteiger partial charge in [0.05, 0.1) is 6.61 Å². The third-order valence-corrected chi connectivity index (χ3v) is 3.38. The number of benzene rings is 1. The van der Waals surface area contributed by atoms with E-state index in [2.05, 4.69) is 37.4 Å². The van der Waals surface area contributed by atoms with E-state index in [1.165, 1.54) is 12.0 Å². The Morgan fingerprint density at radius 2 is 2.06 bits per heavy atom. The largest absolute Gasteiger partial charge is 0.494 e. The van der Waals surface area contributed by atoms with Crippen LogP contribution in [0.4, 0.5) is 0 Å². The predicted molar refractivity (Wildman–Crippen MR) is 67.0 cm³/mol. The zero-order chi connectivity index (χ0) is 11.5. The summed E-state index contributed by atoms with van der Waals surface area (Å²) in [4.78, 5) is 0. The molecular weight excluding hydrogens is 198 g/mol. The van der Waals surface area contributed by atoms with Crippen molar-refractivity contribution in [3.63, 3.8) is 0 Å². The van der Waals surface area contributed by atoms with Crippen LogP contribution in [0.1, 0.15) is 38.7 Å². The summed E-state index contributed by atoms with van der Waals surface area (Å²) in [5.41, 5.74) is 1.36. The van der Waals surface area contributed by atoms with E-state index >= 15 is 0 Å². The van der Waals surface area contributed by atoms with Gasteiger partial charge in [0, 0.05) is 18.0 Å². The van der Waals surface area contributed by atoms with E-state index < -0.39 is 0 Å². The lowest BCUT2D eigenvalue weighted by Gasteiger charge is -2.18. The van der Waals surface area contributed by atoms with Crippen LogP contribution in [0.5, 0.6) is 5.75 Å². The molecule has 0 aliphatic carbocycles. The fourth-order valence-electron chi connectivity index (χ4n) is 2.69. The van der Waals surface area contributed by atoms with Crippen molar-refractivity contribution < 1.29 is 4.74 Å². The maximum absolute atomic E-state index is 5.71. The van der Waals surface area contributed by atoms with Crippen molar-refractivity contribution in [3.8, 4) is 5.75 Å². The van der Waals surface area contributed by atoms with E-state index in [1.807, 2.05) is 13.0 Å². The van der Waals surface area contributed by atoms with E-state index in [9.17, 15) is 0 Å². The van der Waals surface area contributed by atoms with E-state index in [0.717, 1.165) is 12.4 Å². The average Bonchev–Trinajstić information content (AvgIpc) is 2.59. The van der Waals surface area contributed by atoms with Gasteiger partial charge in [-0.25, -0.2) is 0 Å². The highest BCUT2D eigenvalue weighted by Crippen LogP contribution is 2.35. The number of hydrogen-bond donors (Lipinski definition) is 1. The maximum Gasteiger partial charge on any atom is 0.122 e. The summed E-state index contributed by atoms with van der Waals surface area (Å²) in [6.07, 6.45) is 1.20. The third kappa shape index (κ3) is 2.22. The molecule has 1 heterocycles. The molecule has 1 N–H and O–H groups in total. The quantitative estimate of drug-likeness (QED) is 0.844. The molecule has 1 aromatic rings. The SMILES string of the molecule is CCOc1ccccc1C1CC(C)NC1C. The van der Waals surface area contributed by atoms with Crippen LogP contribution in [-0.2, 0) is 0 Å². The van der Waals surface area contributed by atoms with Gasteiger partial charge in [0.2, 0.25) is 0 Å². The Kier molecular flexibility index (Phi) is 3.49. The lowest BCUT2D eigenvalue weighted by Crippen LogP contribution is -2.26. The molecule has 1 saturated heterocycles. The highest BCUT2D eigenvalue weighted by molar-refractivity contribution is 5.38. The van der Waals surface area contributed by atoms with Crippen molar-refractivity contribution in [3.05, 3.63) is 29.8 Å². The van der Waals surface area contributed by atoms with E-state index in [4.69, 9.17) is 4.74 Å². The van der Waals surface area contributed by atoms with Crippen LogP contribution < -0.4 is 10.1 Å². The molecule has 0 bridgehead atoms. The van der Waals surface area contributed by atoms with Crippen LogP contribution in [0.2, 0.25) is 0 Å². The Balaban J connectivity index is 2.25. The monoisotopic (exact) mass is 219 g/mol. The number of para-hydroxylation sites is 1. The summed E-state index contributed by atoms with van der Waals surface area (Å²) < 4.78 is 5.71. The normalized spacial score (nSPS) is 29.3. The topological polar surface area (TPSA) is 21.3 Å². The Bertz CT molecular complexity index is 350. The second-order valence-electron chi connectivity index (χ2n) is 4.67. The molecule has 0 aromatic heterocycles. The predicted octanol–water partition coefficient (Wildman–Crippen LogP) is 2.94. The second-order valence-corrected chi connectivity index (χ2v) is 4.67. The molecule has 3 unspecified atom stereocenters. The van der Waals surface area contributed by atoms with Crippen molar-refractivity contribution >= 4 is 0 Å². The van der Waals surface area contributed by atoms with Gasteiger partial charge in [-0.3, -0.25) is 0 Å². The first-order chi connectivity index (χ1) is 7.72. The zero-order valence-electron chi connectivity index (χ0n) is 10.4. The van der Waals surface area contributed by atoms with Gasteiger partial charge in [0.15, 0.2) is 0 Å². The molecular formula is C14H21NO. The Hall–Kier alpha value is -1.02. The summed E-state index contributed by atoms with van der Waals surface area (Å²) in [7, 11) is 0. The van der Waals surface area contributed by atoms with Gasteiger partial charge in [0.25, 0.3) is 0 Å². The van der Waals surface area contributed by atoms with Gasteiger partial charge in [-0.2, -0.15) is 0 Å². The van der Waals surface area contributed by atoms with Crippen LogP contribution in [0, 0.1) is 0 Å². The smallest absolute Gasteiger partial charge is 0.122 e. The van der Waals surface area contributed by atoms with Crippen molar-refractivity contribution in [1.82, 2.24) is 5.32 Å². The summed E-state index contributed by atoms with van der Waals surface area (Å²) in [6.45, 7) is 7.29. The first-order valence-corrected chi connectivity index (χ1v) is 6.20. The van der Waals surface area contributed by atoms with Crippen molar-refractivity contribution in [2.24, 2.45) is 0 Å². The number of ether oxygens (including phenoxy) is 1. The number of nitrogens with one attached hydrogen (secondary N) is 1. The highest BCUT2D eigenvalue weighted by Gasteiger charge is 2.30. The molecule has 1 aliphatic rings. The highest BCUT2D eigenvalue weighted by atomic mass is 16.5. The van der Waals surface area contributed by atoms with Gasteiger partial charge < -0.3 is 10.1 Å². The molecule has 2 rings (SSSR count). The van der Waals surface area contributed by atoms with Crippen LogP contribution in [0.15, 0.2) is 24.3 Å². The Labute approximate surface area is 98.0 Å². The minimum atomic E-state index is 0.539. The molecule has 1 aromatic carbocycles. The van der Waals surface area contributed by atoms with Gasteiger partial charge in [0.1, 0.15) is 5.75 Å². The molecule has 16 heavy (non-hydrogen) atoms. The van der Waals surface area contributed by atoms with E-state index in [-0.39, 0.29) is 0 Å². The van der Waals surface area contributed by atoms with Crippen LogP contribution >= 0.6 is 0 Å². The summed E-state index contributed by atoms with van der Waals surface area (Å²) in [5, 5.41) is 3.58. The Morgan fingerprint density at radius 3 is 2.69 bits per heavy atom. The molecule has 2 heteroatoms. The van der Waals surface area contributed by atoms with Gasteiger partial charge in [-0.1, -0.05) is 18.2 Å². The average molecular weight is 219 g/mol. The Morgan fingerprint density at radius 1 is 1.31 bits per heavy atom. The first kappa shape index (κ1) is 11.5. The van der Waals surface area contributed by atoms with E-state index in [1.54, 1.807) is 0 Å². The molecule has 0 radical (unpaired) electrons. The molecule has 88 valence electrons. The molecule has 2 nitrogen and oxygen atoms in total. The fourth-order valence-corrected chi connectivity index (χ4v) is 2.69. The molecule has 1 fully saturated rings. The lowest BCUT2D eigenvalue weighted by atomic mass is 9.91. The number of rotatable bonds is 3. The minimum absolute atomic E-state index is 0.539. The fraction of sp³-hybridized carbons (Fsp3) is 0.571.